The van der Waals surface area contributed by atoms with Crippen LogP contribution in [0.15, 0.2) is 36.5 Å². The molecule has 0 radical (unpaired) electrons. The fourth-order valence-corrected chi connectivity index (χ4v) is 11.8. The van der Waals surface area contributed by atoms with Crippen LogP contribution in [-0.4, -0.2) is 110 Å². The van der Waals surface area contributed by atoms with Crippen LogP contribution in [0.25, 0.3) is 0 Å². The number of amides is 1. The van der Waals surface area contributed by atoms with Gasteiger partial charge in [0.2, 0.25) is 5.91 Å². The minimum atomic E-state index is -1.67. The molecule has 0 aromatic rings. The first-order valence-corrected chi connectivity index (χ1v) is 36.4. The van der Waals surface area contributed by atoms with Crippen molar-refractivity contribution in [3.05, 3.63) is 36.5 Å². The minimum Gasteiger partial charge on any atom is -0.394 e. The molecule has 1 aliphatic rings. The summed E-state index contributed by atoms with van der Waals surface area (Å²) in [5, 5.41) is 76.5. The van der Waals surface area contributed by atoms with E-state index in [-0.39, 0.29) is 12.8 Å². The van der Waals surface area contributed by atoms with E-state index >= 15 is 0 Å². The van der Waals surface area contributed by atoms with Crippen LogP contribution in [0.3, 0.4) is 0 Å². The van der Waals surface area contributed by atoms with E-state index < -0.39 is 74.2 Å². The van der Waals surface area contributed by atoms with Gasteiger partial charge in [-0.1, -0.05) is 320 Å². The number of carbonyl (C=O) groups excluding carboxylic acids is 1. The molecule has 496 valence electrons. The van der Waals surface area contributed by atoms with Gasteiger partial charge in [0.15, 0.2) is 6.29 Å². The first-order valence-electron chi connectivity index (χ1n) is 36.4. The number of unbranched alkanes of at least 4 members (excludes halogenated alkanes) is 46. The number of hydrogen-bond acceptors (Lipinski definition) is 10. The Hall–Kier alpha value is -1.67. The Labute approximate surface area is 517 Å². The lowest BCUT2D eigenvalue weighted by Crippen LogP contribution is -2.60. The first-order chi connectivity index (χ1) is 41.2. The number of ether oxygens (including phenoxy) is 2. The van der Waals surface area contributed by atoms with Crippen LogP contribution >= 0.6 is 0 Å². The molecular weight excluding hydrogens is 1050 g/mol. The highest BCUT2D eigenvalue weighted by Crippen LogP contribution is 2.24. The van der Waals surface area contributed by atoms with Gasteiger partial charge in [0.25, 0.3) is 0 Å². The van der Waals surface area contributed by atoms with Crippen LogP contribution in [-0.2, 0) is 14.3 Å². The lowest BCUT2D eigenvalue weighted by molar-refractivity contribution is -0.303. The lowest BCUT2D eigenvalue weighted by Gasteiger charge is -2.40. The van der Waals surface area contributed by atoms with Crippen LogP contribution in [0.5, 0.6) is 0 Å². The summed E-state index contributed by atoms with van der Waals surface area (Å²) in [6.07, 6.45) is 68.1. The van der Waals surface area contributed by atoms with E-state index in [1.807, 2.05) is 0 Å². The topological polar surface area (TPSA) is 189 Å². The van der Waals surface area contributed by atoms with Gasteiger partial charge in [0.05, 0.1) is 25.4 Å². The second-order valence-electron chi connectivity index (χ2n) is 25.7. The fraction of sp³-hybridized carbons (Fsp3) is 0.904. The van der Waals surface area contributed by atoms with Gasteiger partial charge in [-0.3, -0.25) is 4.79 Å². The SMILES string of the molecule is CCCCCCCCCCC/C=C\C/C=C\CCCCCCCCCCCCCCCCCCC(O)C(=O)NC(COC1OC(CO)C(O)C(O)C1O)C(O)C(O)CCC/C=C/CCCCCCCCCCCCCCCCCCCCCC. The first kappa shape index (κ1) is 80.3. The Morgan fingerprint density at radius 1 is 0.417 bits per heavy atom. The maximum absolute atomic E-state index is 13.3. The van der Waals surface area contributed by atoms with Crippen LogP contribution < -0.4 is 5.32 Å². The van der Waals surface area contributed by atoms with Crippen molar-refractivity contribution in [3.8, 4) is 0 Å². The summed E-state index contributed by atoms with van der Waals surface area (Å²) in [7, 11) is 0. The van der Waals surface area contributed by atoms with Gasteiger partial charge in [-0.2, -0.15) is 0 Å². The highest BCUT2D eigenvalue weighted by atomic mass is 16.7. The number of aliphatic hydroxyl groups excluding tert-OH is 7. The molecule has 0 aliphatic carbocycles. The summed E-state index contributed by atoms with van der Waals surface area (Å²) in [4.78, 5) is 13.3. The van der Waals surface area contributed by atoms with Crippen molar-refractivity contribution in [3.63, 3.8) is 0 Å². The Morgan fingerprint density at radius 3 is 1.10 bits per heavy atom. The predicted octanol–water partition coefficient (Wildman–Crippen LogP) is 17.8. The van der Waals surface area contributed by atoms with Gasteiger partial charge in [0, 0.05) is 0 Å². The third kappa shape index (κ3) is 48.3. The smallest absolute Gasteiger partial charge is 0.249 e. The van der Waals surface area contributed by atoms with Crippen molar-refractivity contribution in [2.75, 3.05) is 13.2 Å². The van der Waals surface area contributed by atoms with E-state index in [0.717, 1.165) is 44.9 Å². The van der Waals surface area contributed by atoms with Crippen molar-refractivity contribution >= 4 is 5.91 Å². The van der Waals surface area contributed by atoms with Crippen molar-refractivity contribution in [2.24, 2.45) is 0 Å². The fourth-order valence-electron chi connectivity index (χ4n) is 11.8. The molecule has 1 heterocycles. The molecule has 84 heavy (non-hydrogen) atoms. The molecule has 8 N–H and O–H groups in total. The quantitative estimate of drug-likeness (QED) is 0.0215. The van der Waals surface area contributed by atoms with Gasteiger partial charge in [-0.05, 0) is 70.6 Å². The van der Waals surface area contributed by atoms with E-state index in [1.165, 1.54) is 270 Å². The zero-order chi connectivity index (χ0) is 61.0. The van der Waals surface area contributed by atoms with Crippen LogP contribution in [0.4, 0.5) is 0 Å². The molecule has 9 unspecified atom stereocenters. The number of hydrogen-bond donors (Lipinski definition) is 8. The van der Waals surface area contributed by atoms with E-state index in [0.29, 0.717) is 12.8 Å². The van der Waals surface area contributed by atoms with E-state index in [1.54, 1.807) is 0 Å². The average molecular weight is 1190 g/mol. The highest BCUT2D eigenvalue weighted by molar-refractivity contribution is 5.80. The normalized spacial score (nSPS) is 19.1. The Kier molecular flexibility index (Phi) is 58.9. The second kappa shape index (κ2) is 61.6. The van der Waals surface area contributed by atoms with Gasteiger partial charge in [-0.25, -0.2) is 0 Å². The van der Waals surface area contributed by atoms with Crippen LogP contribution in [0.1, 0.15) is 354 Å². The lowest BCUT2D eigenvalue weighted by atomic mass is 9.98. The summed E-state index contributed by atoms with van der Waals surface area (Å²) in [5.41, 5.74) is 0. The molecule has 1 rings (SSSR count). The molecule has 11 heteroatoms. The third-order valence-electron chi connectivity index (χ3n) is 17.7. The molecule has 0 aromatic carbocycles. The number of nitrogens with one attached hydrogen (secondary N) is 1. The third-order valence-corrected chi connectivity index (χ3v) is 17.7. The molecule has 0 bridgehead atoms. The predicted molar refractivity (Wildman–Crippen MR) is 353 cm³/mol. The Bertz CT molecular complexity index is 1460. The van der Waals surface area contributed by atoms with Gasteiger partial charge in [-0.15, -0.1) is 0 Å². The maximum Gasteiger partial charge on any atom is 0.249 e. The molecule has 0 saturated carbocycles. The largest absolute Gasteiger partial charge is 0.394 e. The van der Waals surface area contributed by atoms with E-state index in [2.05, 4.69) is 55.6 Å². The molecule has 1 fully saturated rings. The van der Waals surface area contributed by atoms with E-state index in [9.17, 15) is 40.5 Å². The molecule has 1 aliphatic heterocycles. The summed E-state index contributed by atoms with van der Waals surface area (Å²) >= 11 is 0. The molecule has 1 saturated heterocycles. The van der Waals surface area contributed by atoms with E-state index in [4.69, 9.17) is 9.47 Å². The monoisotopic (exact) mass is 1190 g/mol. The van der Waals surface area contributed by atoms with Crippen molar-refractivity contribution < 1.29 is 50.0 Å². The van der Waals surface area contributed by atoms with Crippen molar-refractivity contribution in [1.82, 2.24) is 5.32 Å². The molecule has 9 atom stereocenters. The number of allylic oxidation sites excluding steroid dienone is 6. The number of rotatable bonds is 64. The summed E-state index contributed by atoms with van der Waals surface area (Å²) in [6.45, 7) is 3.50. The minimum absolute atomic E-state index is 0.256. The highest BCUT2D eigenvalue weighted by Gasteiger charge is 2.44. The zero-order valence-electron chi connectivity index (χ0n) is 54.9. The summed E-state index contributed by atoms with van der Waals surface area (Å²) < 4.78 is 11.2. The molecule has 11 nitrogen and oxygen atoms in total. The van der Waals surface area contributed by atoms with Crippen LogP contribution in [0.2, 0.25) is 0 Å². The zero-order valence-corrected chi connectivity index (χ0v) is 54.9. The van der Waals surface area contributed by atoms with Crippen molar-refractivity contribution in [2.45, 2.75) is 409 Å². The molecule has 1 amide bonds. The van der Waals surface area contributed by atoms with Crippen molar-refractivity contribution in [1.29, 1.82) is 0 Å². The standard InChI is InChI=1S/C73H139NO10/c1-3-5-7-9-11-13-15-17-19-21-23-25-27-29-30-31-32-33-34-35-37-39-41-43-45-47-49-51-53-55-57-59-61-66(77)72(82)74-64(63-83-73-71(81)70(80)69(79)67(62-75)84-73)68(78)65(76)60-58-56-54-52-50-48-46-44-42-40-38-36-28-26-24-22-20-18-16-14-12-10-8-6-4-2/h23,25,29-30,52,54,64-71,73,75-81H,3-22,24,26-28,31-51,53,55-63H2,1-2H3,(H,74,82)/b25-23-,30-29-,54-52+. The average Bonchev–Trinajstić information content (AvgIpc) is 3.69. The van der Waals surface area contributed by atoms with Crippen LogP contribution in [0, 0.1) is 0 Å². The molecule has 0 spiro atoms. The van der Waals surface area contributed by atoms with Gasteiger partial charge in [0.1, 0.15) is 36.6 Å². The number of aliphatic hydroxyl groups is 7. The Balaban J connectivity index is 2.19. The second-order valence-corrected chi connectivity index (χ2v) is 25.7. The van der Waals surface area contributed by atoms with Gasteiger partial charge >= 0.3 is 0 Å². The molecular formula is C73H139NO10. The molecule has 0 aromatic heterocycles. The van der Waals surface area contributed by atoms with Gasteiger partial charge < -0.3 is 50.5 Å². The maximum atomic E-state index is 13.3. The number of carbonyl (C=O) groups is 1. The summed E-state index contributed by atoms with van der Waals surface area (Å²) in [5.74, 6) is -0.701. The summed E-state index contributed by atoms with van der Waals surface area (Å²) in [6, 6.07) is -1.19. The Morgan fingerprint density at radius 2 is 0.738 bits per heavy atom.